The van der Waals surface area contributed by atoms with Gasteiger partial charge in [0.05, 0.1) is 13.2 Å². The molecule has 1 amide bonds. The van der Waals surface area contributed by atoms with Crippen LogP contribution in [0.25, 0.3) is 0 Å². The Balaban J connectivity index is 1.96. The van der Waals surface area contributed by atoms with Crippen molar-refractivity contribution in [3.63, 3.8) is 0 Å². The van der Waals surface area contributed by atoms with Crippen LogP contribution >= 0.6 is 0 Å². The van der Waals surface area contributed by atoms with Crippen LogP contribution in [0, 0.1) is 0 Å². The second-order valence-electron chi connectivity index (χ2n) is 6.65. The van der Waals surface area contributed by atoms with E-state index in [9.17, 15) is 4.79 Å². The number of carbonyl (C=O) groups excluding carboxylic acids is 1. The van der Waals surface area contributed by atoms with E-state index >= 15 is 0 Å². The van der Waals surface area contributed by atoms with E-state index in [0.29, 0.717) is 24.7 Å². The molecule has 0 fully saturated rings. The van der Waals surface area contributed by atoms with Crippen LogP contribution in [-0.4, -0.2) is 30.7 Å². The smallest absolute Gasteiger partial charge is 0.249 e. The first-order valence-corrected chi connectivity index (χ1v) is 9.66. The van der Waals surface area contributed by atoms with E-state index in [-0.39, 0.29) is 11.9 Å². The highest BCUT2D eigenvalue weighted by Gasteiger charge is 2.18. The van der Waals surface area contributed by atoms with Crippen molar-refractivity contribution in [3.05, 3.63) is 53.9 Å². The van der Waals surface area contributed by atoms with Gasteiger partial charge >= 0.3 is 0 Å². The van der Waals surface area contributed by atoms with Crippen LogP contribution in [0.1, 0.15) is 50.8 Å². The molecule has 28 heavy (non-hydrogen) atoms. The monoisotopic (exact) mass is 386 g/mol. The summed E-state index contributed by atoms with van der Waals surface area (Å²) in [5.41, 5.74) is 1.96. The molecule has 0 aliphatic rings. The normalized spacial score (nSPS) is 12.9. The molecule has 0 aliphatic heterocycles. The van der Waals surface area contributed by atoms with E-state index in [1.165, 1.54) is 0 Å². The number of nitrogens with zero attached hydrogens (tertiary/aromatic N) is 1. The number of rotatable bonds is 11. The molecule has 2 atom stereocenters. The molecule has 1 N–H and O–H groups in total. The number of carbonyl (C=O) groups is 1. The van der Waals surface area contributed by atoms with Crippen LogP contribution in [0.4, 0.5) is 0 Å². The summed E-state index contributed by atoms with van der Waals surface area (Å²) in [6.07, 6.45) is 4.98. The quantitative estimate of drug-likeness (QED) is 0.590. The minimum absolute atomic E-state index is 0.124. The minimum atomic E-state index is -0.473. The first-order valence-electron chi connectivity index (χ1n) is 9.66. The number of unbranched alkanes of at least 4 members (excludes halogenated alkanes) is 1. The highest BCUT2D eigenvalue weighted by molar-refractivity contribution is 5.80. The molecule has 2 unspecified atom stereocenters. The average Bonchev–Trinajstić information content (AvgIpc) is 2.72. The standard InChI is InChI=1S/C22H30N2O4/c1-5-6-13-27-17(3)22(25)24-16(2)19-7-8-20(21(14-19)26-4)28-15-18-9-11-23-12-10-18/h7-12,14,16-17H,5-6,13,15H2,1-4H3,(H,24,25). The molecule has 6 nitrogen and oxygen atoms in total. The maximum absolute atomic E-state index is 12.3. The van der Waals surface area contributed by atoms with Gasteiger partial charge in [0.15, 0.2) is 11.5 Å². The van der Waals surface area contributed by atoms with Crippen molar-refractivity contribution in [2.75, 3.05) is 13.7 Å². The molecule has 6 heteroatoms. The van der Waals surface area contributed by atoms with Gasteiger partial charge in [0.2, 0.25) is 5.91 Å². The third-order valence-corrected chi connectivity index (χ3v) is 4.43. The maximum Gasteiger partial charge on any atom is 0.249 e. The summed E-state index contributed by atoms with van der Waals surface area (Å²) < 4.78 is 16.9. The van der Waals surface area contributed by atoms with Crippen molar-refractivity contribution in [3.8, 4) is 11.5 Å². The summed E-state index contributed by atoms with van der Waals surface area (Å²) in [6.45, 7) is 6.82. The van der Waals surface area contributed by atoms with E-state index in [4.69, 9.17) is 14.2 Å². The second kappa shape index (κ2) is 11.3. The van der Waals surface area contributed by atoms with Crippen molar-refractivity contribution >= 4 is 5.91 Å². The fourth-order valence-electron chi connectivity index (χ4n) is 2.61. The lowest BCUT2D eigenvalue weighted by Gasteiger charge is -2.19. The molecule has 0 spiro atoms. The zero-order chi connectivity index (χ0) is 20.4. The summed E-state index contributed by atoms with van der Waals surface area (Å²) in [7, 11) is 1.60. The molecule has 152 valence electrons. The summed E-state index contributed by atoms with van der Waals surface area (Å²) in [6, 6.07) is 9.31. The third-order valence-electron chi connectivity index (χ3n) is 4.43. The van der Waals surface area contributed by atoms with E-state index < -0.39 is 6.10 Å². The predicted octanol–water partition coefficient (Wildman–Crippen LogP) is 4.05. The molecule has 2 aromatic rings. The van der Waals surface area contributed by atoms with Crippen LogP contribution in [0.3, 0.4) is 0 Å². The number of benzene rings is 1. The van der Waals surface area contributed by atoms with Crippen LogP contribution in [0.2, 0.25) is 0 Å². The molecular formula is C22H30N2O4. The lowest BCUT2D eigenvalue weighted by atomic mass is 10.1. The fraction of sp³-hybridized carbons (Fsp3) is 0.455. The molecule has 0 saturated heterocycles. The van der Waals surface area contributed by atoms with Gasteiger partial charge in [-0.15, -0.1) is 0 Å². The van der Waals surface area contributed by atoms with Gasteiger partial charge in [-0.2, -0.15) is 0 Å². The molecule has 0 aliphatic carbocycles. The average molecular weight is 386 g/mol. The van der Waals surface area contributed by atoms with E-state index in [1.807, 2.05) is 37.3 Å². The Morgan fingerprint density at radius 2 is 1.89 bits per heavy atom. The Morgan fingerprint density at radius 3 is 2.57 bits per heavy atom. The first-order chi connectivity index (χ1) is 13.5. The van der Waals surface area contributed by atoms with Crippen molar-refractivity contribution < 1.29 is 19.0 Å². The number of methoxy groups -OCH3 is 1. The molecule has 0 bridgehead atoms. The number of aromatic nitrogens is 1. The SMILES string of the molecule is CCCCOC(C)C(=O)NC(C)c1ccc(OCc2ccncc2)c(OC)c1. The first kappa shape index (κ1) is 21.7. The number of ether oxygens (including phenoxy) is 3. The number of nitrogens with one attached hydrogen (secondary N) is 1. The lowest BCUT2D eigenvalue weighted by Crippen LogP contribution is -2.36. The van der Waals surface area contributed by atoms with Crippen molar-refractivity contribution in [2.45, 2.75) is 52.4 Å². The lowest BCUT2D eigenvalue weighted by molar-refractivity contribution is -0.132. The Hall–Kier alpha value is -2.60. The number of hydrogen-bond acceptors (Lipinski definition) is 5. The highest BCUT2D eigenvalue weighted by atomic mass is 16.5. The maximum atomic E-state index is 12.3. The molecule has 0 saturated carbocycles. The predicted molar refractivity (Wildman–Crippen MR) is 108 cm³/mol. The topological polar surface area (TPSA) is 69.7 Å². The molecule has 1 heterocycles. The Kier molecular flexibility index (Phi) is 8.75. The summed E-state index contributed by atoms with van der Waals surface area (Å²) in [5, 5.41) is 2.98. The van der Waals surface area contributed by atoms with E-state index in [0.717, 1.165) is 24.0 Å². The van der Waals surface area contributed by atoms with Crippen LogP contribution in [0.5, 0.6) is 11.5 Å². The minimum Gasteiger partial charge on any atom is -0.493 e. The Morgan fingerprint density at radius 1 is 1.14 bits per heavy atom. The molecule has 1 aromatic heterocycles. The Bertz CT molecular complexity index is 737. The third kappa shape index (κ3) is 6.53. The molecule has 0 radical (unpaired) electrons. The van der Waals surface area contributed by atoms with Gasteiger partial charge in [-0.25, -0.2) is 0 Å². The fourth-order valence-corrected chi connectivity index (χ4v) is 2.61. The van der Waals surface area contributed by atoms with Gasteiger partial charge in [0, 0.05) is 19.0 Å². The van der Waals surface area contributed by atoms with Crippen LogP contribution in [-0.2, 0) is 16.1 Å². The second-order valence-corrected chi connectivity index (χ2v) is 6.65. The van der Waals surface area contributed by atoms with E-state index in [2.05, 4.69) is 17.2 Å². The van der Waals surface area contributed by atoms with Crippen molar-refractivity contribution in [1.29, 1.82) is 0 Å². The van der Waals surface area contributed by atoms with E-state index in [1.54, 1.807) is 26.4 Å². The molecular weight excluding hydrogens is 356 g/mol. The summed E-state index contributed by atoms with van der Waals surface area (Å²) in [5.74, 6) is 1.15. The summed E-state index contributed by atoms with van der Waals surface area (Å²) in [4.78, 5) is 16.3. The van der Waals surface area contributed by atoms with Crippen molar-refractivity contribution in [2.24, 2.45) is 0 Å². The number of amides is 1. The summed E-state index contributed by atoms with van der Waals surface area (Å²) >= 11 is 0. The Labute approximate surface area is 167 Å². The molecule has 1 aromatic carbocycles. The van der Waals surface area contributed by atoms with Gasteiger partial charge < -0.3 is 19.5 Å². The van der Waals surface area contributed by atoms with Crippen LogP contribution < -0.4 is 14.8 Å². The van der Waals surface area contributed by atoms with Gasteiger partial charge in [-0.3, -0.25) is 9.78 Å². The van der Waals surface area contributed by atoms with Gasteiger partial charge in [0.1, 0.15) is 12.7 Å². The van der Waals surface area contributed by atoms with Gasteiger partial charge in [-0.1, -0.05) is 19.4 Å². The largest absolute Gasteiger partial charge is 0.493 e. The van der Waals surface area contributed by atoms with Crippen LogP contribution in [0.15, 0.2) is 42.7 Å². The van der Waals surface area contributed by atoms with Gasteiger partial charge in [-0.05, 0) is 55.7 Å². The van der Waals surface area contributed by atoms with Gasteiger partial charge in [0.25, 0.3) is 0 Å². The van der Waals surface area contributed by atoms with Crippen molar-refractivity contribution in [1.82, 2.24) is 10.3 Å². The zero-order valence-corrected chi connectivity index (χ0v) is 17.1. The zero-order valence-electron chi connectivity index (χ0n) is 17.1. The number of pyridine rings is 1. The number of hydrogen-bond donors (Lipinski definition) is 1. The molecule has 2 rings (SSSR count). The highest BCUT2D eigenvalue weighted by Crippen LogP contribution is 2.31.